The number of ketones is 1. The van der Waals surface area contributed by atoms with Crippen LogP contribution in [0.4, 0.5) is 5.69 Å². The van der Waals surface area contributed by atoms with Crippen LogP contribution in [0, 0.1) is 5.92 Å². The molecule has 0 saturated carbocycles. The van der Waals surface area contributed by atoms with Crippen LogP contribution >= 0.6 is 0 Å². The number of rotatable bonds is 19. The van der Waals surface area contributed by atoms with Crippen molar-refractivity contribution in [1.29, 1.82) is 0 Å². The number of carbonyl (C=O) groups is 3. The maximum absolute atomic E-state index is 13.6. The number of unbranched alkanes of at least 4 members (excludes halogenated alkanes) is 1. The van der Waals surface area contributed by atoms with E-state index in [1.807, 2.05) is 76.2 Å². The van der Waals surface area contributed by atoms with Crippen molar-refractivity contribution in [2.24, 2.45) is 17.5 Å². The van der Waals surface area contributed by atoms with Crippen molar-refractivity contribution in [1.82, 2.24) is 21.1 Å². The average molecular weight is 831 g/mol. The molecule has 1 atom stereocenters. The van der Waals surface area contributed by atoms with Crippen LogP contribution in [0.1, 0.15) is 104 Å². The Balaban J connectivity index is 0.00000160. The molecule has 0 aliphatic carbocycles. The van der Waals surface area contributed by atoms with E-state index in [4.69, 9.17) is 21.5 Å². The molecule has 2 aromatic carbocycles. The summed E-state index contributed by atoms with van der Waals surface area (Å²) in [7, 11) is 1.79. The first-order valence-corrected chi connectivity index (χ1v) is 18.8. The topological polar surface area (TPSA) is 196 Å². The number of benzene rings is 2. The molecule has 1 unspecified atom stereocenters. The number of nitrogens with one attached hydrogen (secondary N) is 3. The summed E-state index contributed by atoms with van der Waals surface area (Å²) in [4.78, 5) is 38.8. The standard InChI is InChI=1S/C30H43N5O4.C8H18N2O2.C2H6.Y/c1-21(2)14-18-39-30(3,4)19-26(37)33-15-13-27(38)34-20-22-9-5-6-10-23(22)29(35(32)16-17-36)28(31)24-11-7-8-12-25(24)34;1-7(11)8(9-2)5-3-4-6-10-12;1-2;/h5-12,21,36H,13-20,31-32H2,1-4H3,(H,33,37);8-10,12H,3-6H2,1-2H3;1-2H3;/b29-28-;;;. The fraction of sp³-hybridized carbons (Fsp3) is 0.575. The predicted molar refractivity (Wildman–Crippen MR) is 213 cm³/mol. The van der Waals surface area contributed by atoms with Gasteiger partial charge in [0.1, 0.15) is 5.78 Å². The number of nitrogens with two attached hydrogens (primary N) is 2. The minimum absolute atomic E-state index is 0. The zero-order chi connectivity index (χ0) is 40.0. The zero-order valence-corrected chi connectivity index (χ0v) is 36.8. The van der Waals surface area contributed by atoms with Gasteiger partial charge in [-0.3, -0.25) is 14.4 Å². The molecule has 1 heterocycles. The van der Waals surface area contributed by atoms with Gasteiger partial charge in [0.2, 0.25) is 11.8 Å². The van der Waals surface area contributed by atoms with Crippen LogP contribution < -0.4 is 32.6 Å². The molecule has 2 amide bonds. The van der Waals surface area contributed by atoms with Crippen LogP contribution in [-0.2, 0) is 58.4 Å². The number of amides is 2. The Morgan fingerprint density at radius 1 is 1.00 bits per heavy atom. The third-order valence-corrected chi connectivity index (χ3v) is 8.58. The smallest absolute Gasteiger partial charge is 0.229 e. The molecule has 13 nitrogen and oxygen atoms in total. The molecule has 1 aliphatic rings. The summed E-state index contributed by atoms with van der Waals surface area (Å²) in [5.74, 6) is 6.74. The van der Waals surface area contributed by atoms with Crippen molar-refractivity contribution >= 4 is 34.7 Å². The summed E-state index contributed by atoms with van der Waals surface area (Å²) in [6.45, 7) is 15.5. The number of fused-ring (bicyclic) bond motifs is 2. The fourth-order valence-electron chi connectivity index (χ4n) is 5.72. The molecule has 54 heavy (non-hydrogen) atoms. The van der Waals surface area contributed by atoms with Gasteiger partial charge >= 0.3 is 0 Å². The van der Waals surface area contributed by atoms with Crippen molar-refractivity contribution in [3.8, 4) is 0 Å². The number of hydrogen-bond donors (Lipinski definition) is 7. The Hall–Kier alpha value is -2.75. The number of ether oxygens (including phenoxy) is 1. The summed E-state index contributed by atoms with van der Waals surface area (Å²) < 4.78 is 5.90. The zero-order valence-electron chi connectivity index (χ0n) is 33.9. The predicted octanol–water partition coefficient (Wildman–Crippen LogP) is 4.56. The van der Waals surface area contributed by atoms with Gasteiger partial charge < -0.3 is 41.3 Å². The van der Waals surface area contributed by atoms with E-state index in [0.29, 0.717) is 48.3 Å². The molecule has 3 rings (SSSR count). The van der Waals surface area contributed by atoms with Crippen molar-refractivity contribution in [3.05, 3.63) is 65.2 Å². The minimum Gasteiger partial charge on any atom is -0.396 e. The second-order valence-electron chi connectivity index (χ2n) is 13.8. The normalized spacial score (nSPS) is 14.0. The van der Waals surface area contributed by atoms with Crippen LogP contribution in [-0.4, -0.2) is 84.5 Å². The molecule has 301 valence electrons. The van der Waals surface area contributed by atoms with Crippen LogP contribution in [0.2, 0.25) is 0 Å². The van der Waals surface area contributed by atoms with E-state index in [0.717, 1.165) is 36.8 Å². The average Bonchev–Trinajstić information content (AvgIpc) is 3.11. The molecule has 0 aromatic heterocycles. The van der Waals surface area contributed by atoms with Crippen molar-refractivity contribution in [3.63, 3.8) is 0 Å². The second kappa shape index (κ2) is 27.8. The van der Waals surface area contributed by atoms with Gasteiger partial charge in [-0.05, 0) is 64.6 Å². The maximum atomic E-state index is 13.6. The number of likely N-dealkylation sites (N-methyl/N-ethyl adjacent to an activating group) is 1. The molecule has 0 fully saturated rings. The third kappa shape index (κ3) is 17.8. The number of nitrogens with zero attached hydrogens (tertiary/aromatic N) is 2. The van der Waals surface area contributed by atoms with Crippen LogP contribution in [0.5, 0.6) is 0 Å². The summed E-state index contributed by atoms with van der Waals surface area (Å²) in [5.41, 5.74) is 12.2. The van der Waals surface area contributed by atoms with Crippen molar-refractivity contribution < 1.29 is 62.1 Å². The first-order chi connectivity index (χ1) is 25.3. The van der Waals surface area contributed by atoms with Gasteiger partial charge in [0.05, 0.1) is 54.8 Å². The number of hydrazine groups is 1. The monoisotopic (exact) mass is 830 g/mol. The van der Waals surface area contributed by atoms with E-state index in [9.17, 15) is 19.5 Å². The molecule has 0 saturated heterocycles. The molecule has 2 aromatic rings. The maximum Gasteiger partial charge on any atom is 0.229 e. The van der Waals surface area contributed by atoms with Crippen molar-refractivity contribution in [2.75, 3.05) is 44.8 Å². The van der Waals surface area contributed by atoms with E-state index in [2.05, 4.69) is 30.0 Å². The molecule has 9 N–H and O–H groups in total. The van der Waals surface area contributed by atoms with E-state index >= 15 is 0 Å². The van der Waals surface area contributed by atoms with Crippen LogP contribution in [0.25, 0.3) is 11.4 Å². The number of aliphatic hydroxyl groups excluding tert-OH is 1. The third-order valence-electron chi connectivity index (χ3n) is 8.58. The van der Waals surface area contributed by atoms with Gasteiger partial charge in [0.15, 0.2) is 0 Å². The summed E-state index contributed by atoms with van der Waals surface area (Å²) in [6.07, 6.45) is 3.95. The molecular formula is C40H67N7O6Y. The Morgan fingerprint density at radius 2 is 1.63 bits per heavy atom. The van der Waals surface area contributed by atoms with Crippen LogP contribution in [0.3, 0.4) is 0 Å². The number of para-hydroxylation sites is 1. The number of hydroxylamine groups is 1. The van der Waals surface area contributed by atoms with E-state index in [1.165, 1.54) is 5.01 Å². The summed E-state index contributed by atoms with van der Waals surface area (Å²) >= 11 is 0. The Labute approximate surface area is 348 Å². The van der Waals surface area contributed by atoms with Crippen LogP contribution in [0.15, 0.2) is 48.5 Å². The summed E-state index contributed by atoms with van der Waals surface area (Å²) in [6, 6.07) is 15.0. The van der Waals surface area contributed by atoms with Gasteiger partial charge in [-0.2, -0.15) is 0 Å². The number of anilines is 1. The number of carbonyl (C=O) groups excluding carboxylic acids is 3. The van der Waals surface area contributed by atoms with Gasteiger partial charge in [0.25, 0.3) is 0 Å². The number of Topliss-reactive ketones (excluding diaryl/α,β-unsaturated/α-hetero) is 1. The van der Waals surface area contributed by atoms with Gasteiger partial charge in [0, 0.05) is 70.0 Å². The Kier molecular flexibility index (Phi) is 26.4. The number of aliphatic hydroxyl groups is 1. The summed E-state index contributed by atoms with van der Waals surface area (Å²) in [5, 5.41) is 25.0. The first kappa shape index (κ1) is 51.3. The molecule has 0 spiro atoms. The minimum atomic E-state index is -0.580. The fourth-order valence-corrected chi connectivity index (χ4v) is 5.72. The van der Waals surface area contributed by atoms with Gasteiger partial charge in [-0.25, -0.2) is 11.3 Å². The van der Waals surface area contributed by atoms with Gasteiger partial charge in [-0.1, -0.05) is 76.6 Å². The van der Waals surface area contributed by atoms with E-state index in [1.54, 1.807) is 18.9 Å². The molecule has 0 bridgehead atoms. The van der Waals surface area contributed by atoms with E-state index in [-0.39, 0.29) is 88.9 Å². The second-order valence-corrected chi connectivity index (χ2v) is 13.8. The largest absolute Gasteiger partial charge is 0.396 e. The quantitative estimate of drug-likeness (QED) is 0.0596. The first-order valence-electron chi connectivity index (χ1n) is 18.8. The van der Waals surface area contributed by atoms with Crippen molar-refractivity contribution in [2.45, 2.75) is 105 Å². The Morgan fingerprint density at radius 3 is 2.22 bits per heavy atom. The SMILES string of the molecule is CC.CC(C)CCOC(C)(C)CC(=O)NCCC(=O)N1Cc2ccccc2/C(N(N)CCO)=C(/N)c2ccccc21.CNC(CCCCNO)C(C)=O.[Y]. The molecule has 14 heteroatoms. The Bertz CT molecular complexity index is 1440. The molecule has 1 radical (unpaired) electrons. The molecular weight excluding hydrogens is 763 g/mol. The molecule has 1 aliphatic heterocycles. The van der Waals surface area contributed by atoms with E-state index < -0.39 is 5.60 Å². The van der Waals surface area contributed by atoms with Gasteiger partial charge in [-0.15, -0.1) is 0 Å². The number of hydrogen-bond acceptors (Lipinski definition) is 11.